The number of unbranched alkanes of at least 4 members (excludes halogenated alkanes) is 1. The fourth-order valence-electron chi connectivity index (χ4n) is 3.79. The molecule has 0 fully saturated rings. The van der Waals surface area contributed by atoms with Gasteiger partial charge in [0.2, 0.25) is 11.8 Å². The Labute approximate surface area is 234 Å². The van der Waals surface area contributed by atoms with Crippen LogP contribution in [0.1, 0.15) is 32.3 Å². The van der Waals surface area contributed by atoms with Gasteiger partial charge in [-0.1, -0.05) is 79.0 Å². The van der Waals surface area contributed by atoms with Gasteiger partial charge in [0.15, 0.2) is 0 Å². The van der Waals surface area contributed by atoms with Crippen LogP contribution < -0.4 is 9.62 Å². The molecule has 3 rings (SSSR count). The fraction of sp³-hybridized carbons (Fsp3) is 0.286. The van der Waals surface area contributed by atoms with Gasteiger partial charge in [0.1, 0.15) is 12.6 Å². The maximum absolute atomic E-state index is 13.8. The van der Waals surface area contributed by atoms with Crippen LogP contribution in [0.3, 0.4) is 0 Å². The molecule has 2 amide bonds. The smallest absolute Gasteiger partial charge is 0.264 e. The number of amides is 2. The van der Waals surface area contributed by atoms with Crippen molar-refractivity contribution < 1.29 is 18.0 Å². The van der Waals surface area contributed by atoms with Gasteiger partial charge in [0.25, 0.3) is 10.0 Å². The minimum absolute atomic E-state index is 0.00872. The number of carbonyl (C=O) groups is 2. The molecule has 0 bridgehead atoms. The van der Waals surface area contributed by atoms with Crippen LogP contribution in [0.15, 0.2) is 83.8 Å². The zero-order chi connectivity index (χ0) is 27.7. The third-order valence-electron chi connectivity index (χ3n) is 6.01. The molecule has 7 nitrogen and oxygen atoms in total. The van der Waals surface area contributed by atoms with Crippen molar-refractivity contribution >= 4 is 50.7 Å². The van der Waals surface area contributed by atoms with Gasteiger partial charge in [0.05, 0.1) is 10.6 Å². The van der Waals surface area contributed by atoms with E-state index in [1.54, 1.807) is 73.7 Å². The molecule has 1 atom stereocenters. The number of halogens is 2. The van der Waals surface area contributed by atoms with Gasteiger partial charge in [-0.2, -0.15) is 0 Å². The van der Waals surface area contributed by atoms with Crippen LogP contribution in [-0.2, 0) is 26.2 Å². The summed E-state index contributed by atoms with van der Waals surface area (Å²) in [5.41, 5.74) is 0.907. The molecule has 202 valence electrons. The lowest BCUT2D eigenvalue weighted by Crippen LogP contribution is -2.51. The zero-order valence-corrected chi connectivity index (χ0v) is 23.6. The van der Waals surface area contributed by atoms with Gasteiger partial charge >= 0.3 is 0 Å². The number of sulfonamides is 1. The standard InChI is InChI=1S/C28H31Cl2N3O4S/c1-3-4-17-31-28(35)21(2)32(19-22-15-16-23(29)18-26(22)30)27(34)20-33(24-11-7-5-8-12-24)38(36,37)25-13-9-6-10-14-25/h5-16,18,21H,3-4,17,19-20H2,1-2H3,(H,31,35). The first-order chi connectivity index (χ1) is 18.1. The Kier molecular flexibility index (Phi) is 10.6. The minimum atomic E-state index is -4.09. The quantitative estimate of drug-likeness (QED) is 0.288. The first-order valence-corrected chi connectivity index (χ1v) is 14.5. The number of hydrogen-bond donors (Lipinski definition) is 1. The van der Waals surface area contributed by atoms with Crippen LogP contribution in [0.5, 0.6) is 0 Å². The molecule has 1 unspecified atom stereocenters. The molecule has 0 aromatic heterocycles. The van der Waals surface area contributed by atoms with Crippen LogP contribution >= 0.6 is 23.2 Å². The van der Waals surface area contributed by atoms with Gasteiger partial charge in [-0.05, 0) is 55.3 Å². The molecular formula is C28H31Cl2N3O4S. The Morgan fingerprint density at radius 2 is 1.58 bits per heavy atom. The van der Waals surface area contributed by atoms with Crippen molar-refractivity contribution in [3.05, 3.63) is 94.5 Å². The van der Waals surface area contributed by atoms with E-state index < -0.39 is 28.5 Å². The number of rotatable bonds is 12. The normalized spacial score (nSPS) is 12.0. The molecule has 0 spiro atoms. The molecule has 0 saturated carbocycles. The van der Waals surface area contributed by atoms with Gasteiger partial charge in [-0.15, -0.1) is 0 Å². The molecule has 0 aliphatic heterocycles. The summed E-state index contributed by atoms with van der Waals surface area (Å²) < 4.78 is 28.4. The summed E-state index contributed by atoms with van der Waals surface area (Å²) in [5.74, 6) is -0.897. The summed E-state index contributed by atoms with van der Waals surface area (Å²) in [6, 6.07) is 20.3. The van der Waals surface area contributed by atoms with E-state index in [-0.39, 0.29) is 17.3 Å². The maximum Gasteiger partial charge on any atom is 0.264 e. The molecular weight excluding hydrogens is 545 g/mol. The molecule has 38 heavy (non-hydrogen) atoms. The van der Waals surface area contributed by atoms with Crippen molar-refractivity contribution in [1.29, 1.82) is 0 Å². The van der Waals surface area contributed by atoms with E-state index in [0.29, 0.717) is 27.8 Å². The van der Waals surface area contributed by atoms with E-state index in [1.807, 2.05) is 6.92 Å². The summed E-state index contributed by atoms with van der Waals surface area (Å²) >= 11 is 12.4. The molecule has 0 aliphatic carbocycles. The van der Waals surface area contributed by atoms with Crippen molar-refractivity contribution in [2.24, 2.45) is 0 Å². The summed E-state index contributed by atoms with van der Waals surface area (Å²) in [6.45, 7) is 3.58. The summed E-state index contributed by atoms with van der Waals surface area (Å²) in [4.78, 5) is 28.2. The topological polar surface area (TPSA) is 86.8 Å². The Morgan fingerprint density at radius 3 is 2.18 bits per heavy atom. The lowest BCUT2D eigenvalue weighted by atomic mass is 10.1. The second-order valence-corrected chi connectivity index (χ2v) is 11.4. The Morgan fingerprint density at radius 1 is 0.947 bits per heavy atom. The van der Waals surface area contributed by atoms with Crippen molar-refractivity contribution in [1.82, 2.24) is 10.2 Å². The fourth-order valence-corrected chi connectivity index (χ4v) is 5.70. The van der Waals surface area contributed by atoms with Gasteiger partial charge in [-0.25, -0.2) is 8.42 Å². The first kappa shape index (κ1) is 29.5. The highest BCUT2D eigenvalue weighted by Crippen LogP contribution is 2.26. The van der Waals surface area contributed by atoms with Gasteiger partial charge in [-0.3, -0.25) is 13.9 Å². The van der Waals surface area contributed by atoms with Crippen molar-refractivity contribution in [2.45, 2.75) is 44.2 Å². The Hall–Kier alpha value is -3.07. The number of hydrogen-bond acceptors (Lipinski definition) is 4. The number of benzene rings is 3. The van der Waals surface area contributed by atoms with E-state index >= 15 is 0 Å². The average Bonchev–Trinajstić information content (AvgIpc) is 2.91. The molecule has 3 aromatic carbocycles. The average molecular weight is 577 g/mol. The third kappa shape index (κ3) is 7.49. The Balaban J connectivity index is 1.98. The van der Waals surface area contributed by atoms with E-state index in [0.717, 1.165) is 17.1 Å². The highest BCUT2D eigenvalue weighted by molar-refractivity contribution is 7.92. The van der Waals surface area contributed by atoms with Gasteiger partial charge < -0.3 is 10.2 Å². The summed E-state index contributed by atoms with van der Waals surface area (Å²) in [5, 5.41) is 3.63. The zero-order valence-electron chi connectivity index (χ0n) is 21.3. The SMILES string of the molecule is CCCCNC(=O)C(C)N(Cc1ccc(Cl)cc1Cl)C(=O)CN(c1ccccc1)S(=O)(=O)c1ccccc1. The number of anilines is 1. The molecule has 0 radical (unpaired) electrons. The first-order valence-electron chi connectivity index (χ1n) is 12.3. The van der Waals surface area contributed by atoms with E-state index in [4.69, 9.17) is 23.2 Å². The molecule has 3 aromatic rings. The van der Waals surface area contributed by atoms with Crippen molar-refractivity contribution in [3.63, 3.8) is 0 Å². The largest absolute Gasteiger partial charge is 0.354 e. The summed E-state index contributed by atoms with van der Waals surface area (Å²) in [7, 11) is -4.09. The Bertz CT molecular complexity index is 1340. The highest BCUT2D eigenvalue weighted by atomic mass is 35.5. The van der Waals surface area contributed by atoms with Crippen LogP contribution in [-0.4, -0.2) is 44.3 Å². The van der Waals surface area contributed by atoms with Crippen LogP contribution in [0, 0.1) is 0 Å². The van der Waals surface area contributed by atoms with Crippen LogP contribution in [0.4, 0.5) is 5.69 Å². The van der Waals surface area contributed by atoms with Gasteiger partial charge in [0, 0.05) is 23.1 Å². The second-order valence-electron chi connectivity index (χ2n) is 8.74. The van der Waals surface area contributed by atoms with E-state index in [2.05, 4.69) is 5.32 Å². The molecule has 1 N–H and O–H groups in total. The molecule has 0 aliphatic rings. The second kappa shape index (κ2) is 13.6. The summed E-state index contributed by atoms with van der Waals surface area (Å²) in [6.07, 6.45) is 1.70. The van der Waals surface area contributed by atoms with Crippen molar-refractivity contribution in [3.8, 4) is 0 Å². The predicted molar refractivity (Wildman–Crippen MR) is 152 cm³/mol. The minimum Gasteiger partial charge on any atom is -0.354 e. The number of nitrogens with one attached hydrogen (secondary N) is 1. The molecule has 10 heteroatoms. The monoisotopic (exact) mass is 575 g/mol. The van der Waals surface area contributed by atoms with E-state index in [9.17, 15) is 18.0 Å². The van der Waals surface area contributed by atoms with Crippen LogP contribution in [0.25, 0.3) is 0 Å². The lowest BCUT2D eigenvalue weighted by molar-refractivity contribution is -0.139. The molecule has 0 heterocycles. The maximum atomic E-state index is 13.8. The van der Waals surface area contributed by atoms with E-state index in [1.165, 1.54) is 17.0 Å². The van der Waals surface area contributed by atoms with Crippen LogP contribution in [0.2, 0.25) is 10.0 Å². The predicted octanol–water partition coefficient (Wildman–Crippen LogP) is 5.52. The highest BCUT2D eigenvalue weighted by Gasteiger charge is 2.32. The lowest BCUT2D eigenvalue weighted by Gasteiger charge is -2.32. The number of carbonyl (C=O) groups excluding carboxylic acids is 2. The van der Waals surface area contributed by atoms with Crippen molar-refractivity contribution in [2.75, 3.05) is 17.4 Å². The number of para-hydroxylation sites is 1. The number of nitrogens with zero attached hydrogens (tertiary/aromatic N) is 2. The molecule has 0 saturated heterocycles. The third-order valence-corrected chi connectivity index (χ3v) is 8.38.